The number of nitrogens with one attached hydrogen (secondary N) is 2. The van der Waals surface area contributed by atoms with Crippen LogP contribution in [0, 0.1) is 10.7 Å². The number of ether oxygens (including phenoxy) is 1. The van der Waals surface area contributed by atoms with Gasteiger partial charge in [0, 0.05) is 10.6 Å². The smallest absolute Gasteiger partial charge is 0.319 e. The van der Waals surface area contributed by atoms with Crippen LogP contribution in [-0.4, -0.2) is 19.2 Å². The van der Waals surface area contributed by atoms with Crippen LogP contribution in [-0.2, 0) is 0 Å². The first-order valence-corrected chi connectivity index (χ1v) is 7.48. The molecule has 112 valence electrons. The molecular formula is C16H15N3O2S. The summed E-state index contributed by atoms with van der Waals surface area (Å²) < 4.78 is 5.47. The van der Waals surface area contributed by atoms with Crippen LogP contribution in [0.2, 0.25) is 0 Å². The summed E-state index contributed by atoms with van der Waals surface area (Å²) in [6.45, 7) is 0.804. The van der Waals surface area contributed by atoms with Crippen molar-refractivity contribution < 1.29 is 9.53 Å². The third kappa shape index (κ3) is 5.38. The Balaban J connectivity index is 1.68. The van der Waals surface area contributed by atoms with Gasteiger partial charge in [-0.2, -0.15) is 5.26 Å². The Morgan fingerprint density at radius 1 is 1.14 bits per heavy atom. The van der Waals surface area contributed by atoms with Gasteiger partial charge in [0.2, 0.25) is 0 Å². The summed E-state index contributed by atoms with van der Waals surface area (Å²) in [5.74, 6) is 0.773. The van der Waals surface area contributed by atoms with Crippen LogP contribution in [0.4, 0.5) is 10.5 Å². The number of carbonyl (C=O) groups excluding carboxylic acids is 1. The van der Waals surface area contributed by atoms with Crippen LogP contribution in [0.5, 0.6) is 5.75 Å². The van der Waals surface area contributed by atoms with Crippen LogP contribution in [0.15, 0.2) is 59.5 Å². The zero-order chi connectivity index (χ0) is 15.6. The van der Waals surface area contributed by atoms with Crippen molar-refractivity contribution in [1.29, 1.82) is 5.26 Å². The van der Waals surface area contributed by atoms with Gasteiger partial charge in [0.1, 0.15) is 17.8 Å². The molecule has 0 saturated carbocycles. The molecule has 0 aliphatic carbocycles. The van der Waals surface area contributed by atoms with Crippen molar-refractivity contribution in [3.8, 4) is 11.2 Å². The number of carbonyl (C=O) groups is 1. The number of thiocyanates is 1. The van der Waals surface area contributed by atoms with Gasteiger partial charge in [-0.3, -0.25) is 0 Å². The molecule has 0 spiro atoms. The van der Waals surface area contributed by atoms with Crippen molar-refractivity contribution in [2.45, 2.75) is 4.90 Å². The Morgan fingerprint density at radius 3 is 2.55 bits per heavy atom. The van der Waals surface area contributed by atoms with Gasteiger partial charge in [0.15, 0.2) is 0 Å². The molecule has 0 bridgehead atoms. The summed E-state index contributed by atoms with van der Waals surface area (Å²) >= 11 is 1.08. The lowest BCUT2D eigenvalue weighted by atomic mass is 10.3. The molecule has 0 saturated heterocycles. The quantitative estimate of drug-likeness (QED) is 0.486. The number of hydrogen-bond donors (Lipinski definition) is 2. The number of para-hydroxylation sites is 1. The minimum Gasteiger partial charge on any atom is -0.492 e. The summed E-state index contributed by atoms with van der Waals surface area (Å²) in [6, 6.07) is 16.2. The van der Waals surface area contributed by atoms with Crippen LogP contribution < -0.4 is 15.4 Å². The molecule has 0 aliphatic rings. The van der Waals surface area contributed by atoms with E-state index in [4.69, 9.17) is 10.00 Å². The van der Waals surface area contributed by atoms with Crippen molar-refractivity contribution >= 4 is 23.5 Å². The molecule has 5 nitrogen and oxygen atoms in total. The first kappa shape index (κ1) is 15.7. The third-order valence-corrected chi connectivity index (χ3v) is 3.27. The van der Waals surface area contributed by atoms with E-state index >= 15 is 0 Å². The second-order valence-corrected chi connectivity index (χ2v) is 5.12. The van der Waals surface area contributed by atoms with E-state index in [0.717, 1.165) is 22.4 Å². The first-order chi connectivity index (χ1) is 10.8. The van der Waals surface area contributed by atoms with Crippen molar-refractivity contribution in [1.82, 2.24) is 5.32 Å². The second-order valence-electron chi connectivity index (χ2n) is 4.26. The van der Waals surface area contributed by atoms with Crippen molar-refractivity contribution in [3.63, 3.8) is 0 Å². The van der Waals surface area contributed by atoms with E-state index in [2.05, 4.69) is 10.6 Å². The van der Waals surface area contributed by atoms with E-state index in [1.807, 2.05) is 35.7 Å². The summed E-state index contributed by atoms with van der Waals surface area (Å²) in [6.07, 6.45) is 0. The molecule has 0 aliphatic heterocycles. The standard InChI is InChI=1S/C16H15N3O2S/c17-12-22-15-8-6-13(7-9-15)19-16(20)18-10-11-21-14-4-2-1-3-5-14/h1-9H,10-11H2,(H2,18,19,20). The zero-order valence-electron chi connectivity index (χ0n) is 11.8. The first-order valence-electron chi connectivity index (χ1n) is 6.66. The maximum absolute atomic E-state index is 11.7. The molecule has 22 heavy (non-hydrogen) atoms. The number of amides is 2. The van der Waals surface area contributed by atoms with Crippen molar-refractivity contribution in [2.75, 3.05) is 18.5 Å². The lowest BCUT2D eigenvalue weighted by Gasteiger charge is -2.09. The number of thioether (sulfide) groups is 1. The van der Waals surface area contributed by atoms with Gasteiger partial charge in [-0.05, 0) is 48.2 Å². The fourth-order valence-corrected chi connectivity index (χ4v) is 2.06. The topological polar surface area (TPSA) is 74.2 Å². The summed E-state index contributed by atoms with van der Waals surface area (Å²) in [5, 5.41) is 16.0. The molecule has 0 aromatic heterocycles. The number of rotatable bonds is 6. The van der Waals surface area contributed by atoms with Gasteiger partial charge in [-0.25, -0.2) is 4.79 Å². The normalized spacial score (nSPS) is 9.59. The highest BCUT2D eigenvalue weighted by atomic mass is 32.2. The SMILES string of the molecule is N#CSc1ccc(NC(=O)NCCOc2ccccc2)cc1. The number of benzene rings is 2. The highest BCUT2D eigenvalue weighted by Crippen LogP contribution is 2.18. The molecule has 0 radical (unpaired) electrons. The molecular weight excluding hydrogens is 298 g/mol. The van der Waals surface area contributed by atoms with E-state index in [1.165, 1.54) is 0 Å². The monoisotopic (exact) mass is 313 g/mol. The lowest BCUT2D eigenvalue weighted by Crippen LogP contribution is -2.32. The van der Waals surface area contributed by atoms with Gasteiger partial charge in [0.05, 0.1) is 6.54 Å². The summed E-state index contributed by atoms with van der Waals surface area (Å²) in [7, 11) is 0. The zero-order valence-corrected chi connectivity index (χ0v) is 12.6. The predicted octanol–water partition coefficient (Wildman–Crippen LogP) is 3.46. The maximum Gasteiger partial charge on any atom is 0.319 e. The number of anilines is 1. The fourth-order valence-electron chi connectivity index (χ4n) is 1.68. The average molecular weight is 313 g/mol. The van der Waals surface area contributed by atoms with E-state index in [9.17, 15) is 4.79 Å². The van der Waals surface area contributed by atoms with E-state index < -0.39 is 0 Å². The number of hydrogen-bond acceptors (Lipinski definition) is 4. The molecule has 2 amide bonds. The van der Waals surface area contributed by atoms with E-state index in [-0.39, 0.29) is 6.03 Å². The number of nitriles is 1. The Bertz CT molecular complexity index is 639. The maximum atomic E-state index is 11.7. The van der Waals surface area contributed by atoms with Gasteiger partial charge in [-0.1, -0.05) is 18.2 Å². The summed E-state index contributed by atoms with van der Waals surface area (Å²) in [4.78, 5) is 12.5. The molecule has 0 unspecified atom stereocenters. The second kappa shape index (κ2) is 8.60. The molecule has 2 rings (SSSR count). The lowest BCUT2D eigenvalue weighted by molar-refractivity contribution is 0.247. The Morgan fingerprint density at radius 2 is 1.86 bits per heavy atom. The van der Waals surface area contributed by atoms with Crippen LogP contribution in [0.3, 0.4) is 0 Å². The summed E-state index contributed by atoms with van der Waals surface area (Å²) in [5.41, 5.74) is 0.670. The fraction of sp³-hybridized carbons (Fsp3) is 0.125. The predicted molar refractivity (Wildman–Crippen MR) is 86.9 cm³/mol. The van der Waals surface area contributed by atoms with Crippen LogP contribution >= 0.6 is 11.8 Å². The molecule has 2 aromatic carbocycles. The Kier molecular flexibility index (Phi) is 6.15. The van der Waals surface area contributed by atoms with Crippen molar-refractivity contribution in [3.05, 3.63) is 54.6 Å². The van der Waals surface area contributed by atoms with Crippen molar-refractivity contribution in [2.24, 2.45) is 0 Å². The molecule has 0 heterocycles. The number of nitrogens with zero attached hydrogens (tertiary/aromatic N) is 1. The number of urea groups is 1. The van der Waals surface area contributed by atoms with Crippen LogP contribution in [0.1, 0.15) is 0 Å². The minimum atomic E-state index is -0.294. The Labute approximate surface area is 133 Å². The van der Waals surface area contributed by atoms with Gasteiger partial charge >= 0.3 is 6.03 Å². The van der Waals surface area contributed by atoms with Crippen LogP contribution in [0.25, 0.3) is 0 Å². The highest BCUT2D eigenvalue weighted by molar-refractivity contribution is 8.03. The minimum absolute atomic E-state index is 0.294. The largest absolute Gasteiger partial charge is 0.492 e. The molecule has 2 N–H and O–H groups in total. The Hall–Kier alpha value is -2.65. The van der Waals surface area contributed by atoms with E-state index in [0.29, 0.717) is 18.8 Å². The molecule has 0 fully saturated rings. The van der Waals surface area contributed by atoms with E-state index in [1.54, 1.807) is 24.3 Å². The van der Waals surface area contributed by atoms with Gasteiger partial charge in [0.25, 0.3) is 0 Å². The van der Waals surface area contributed by atoms with Gasteiger partial charge in [-0.15, -0.1) is 0 Å². The molecule has 2 aromatic rings. The van der Waals surface area contributed by atoms with Gasteiger partial charge < -0.3 is 15.4 Å². The molecule has 6 heteroatoms. The highest BCUT2D eigenvalue weighted by Gasteiger charge is 2.01. The molecule has 0 atom stereocenters. The average Bonchev–Trinajstić information content (AvgIpc) is 2.55. The third-order valence-electron chi connectivity index (χ3n) is 2.68.